The maximum absolute atomic E-state index is 11.5. The van der Waals surface area contributed by atoms with Crippen LogP contribution in [0.25, 0.3) is 0 Å². The van der Waals surface area contributed by atoms with Crippen LogP contribution in [-0.4, -0.2) is 41.9 Å². The SMILES string of the molecule is CC(C)(C)c1cc(C=[N+]2[Mn+][N+](=Cc3cc(C(C)(C)C)cc(C(C)(C)C)c3O)[C@@H]3CCCC[C@H]32)c(O)c(C(C)(C)C)c1.[Cl-]. The van der Waals surface area contributed by atoms with Crippen LogP contribution >= 0.6 is 0 Å². The molecule has 2 aliphatic rings. The van der Waals surface area contributed by atoms with Gasteiger partial charge in [-0.15, -0.1) is 0 Å². The van der Waals surface area contributed by atoms with Gasteiger partial charge in [-0.05, 0) is 0 Å². The minimum absolute atomic E-state index is 0. The Kier molecular flexibility index (Phi) is 9.86. The van der Waals surface area contributed by atoms with Crippen LogP contribution in [0.3, 0.4) is 0 Å². The molecule has 0 radical (unpaired) electrons. The molecule has 0 bridgehead atoms. The van der Waals surface area contributed by atoms with E-state index in [1.807, 2.05) is 0 Å². The molecule has 1 aliphatic heterocycles. The Morgan fingerprint density at radius 2 is 0.929 bits per heavy atom. The Balaban J connectivity index is 0.00000484. The van der Waals surface area contributed by atoms with Gasteiger partial charge in [0.05, 0.1) is 0 Å². The van der Waals surface area contributed by atoms with Gasteiger partial charge in [-0.1, -0.05) is 0 Å². The average Bonchev–Trinajstić information content (AvgIpc) is 3.15. The van der Waals surface area contributed by atoms with E-state index in [0.29, 0.717) is 39.0 Å². The maximum atomic E-state index is 11.5. The molecular weight excluding hydrogens is 583 g/mol. The van der Waals surface area contributed by atoms with E-state index >= 15 is 0 Å². The summed E-state index contributed by atoms with van der Waals surface area (Å²) >= 11 is 0.376. The predicted octanol–water partition coefficient (Wildman–Crippen LogP) is 5.09. The molecule has 2 atom stereocenters. The van der Waals surface area contributed by atoms with Crippen LogP contribution in [0.15, 0.2) is 24.3 Å². The van der Waals surface area contributed by atoms with E-state index < -0.39 is 0 Å². The number of phenols is 2. The van der Waals surface area contributed by atoms with Crippen molar-refractivity contribution in [2.24, 2.45) is 0 Å². The number of nitrogens with zero attached hydrogens (tertiary/aromatic N) is 2. The molecule has 6 heteroatoms. The minimum atomic E-state index is -0.158. The summed E-state index contributed by atoms with van der Waals surface area (Å²) in [5, 5.41) is 23.0. The van der Waals surface area contributed by atoms with Crippen molar-refractivity contribution in [2.45, 2.75) is 143 Å². The van der Waals surface area contributed by atoms with Crippen LogP contribution in [0.5, 0.6) is 11.5 Å². The van der Waals surface area contributed by atoms with Crippen LogP contribution in [0.2, 0.25) is 0 Å². The van der Waals surface area contributed by atoms with Gasteiger partial charge in [0.25, 0.3) is 0 Å². The third-order valence-electron chi connectivity index (χ3n) is 8.65. The Morgan fingerprint density at radius 1 is 0.595 bits per heavy atom. The van der Waals surface area contributed by atoms with Crippen molar-refractivity contribution in [3.05, 3.63) is 57.6 Å². The summed E-state index contributed by atoms with van der Waals surface area (Å²) in [6, 6.07) is 9.56. The molecule has 2 N–H and O–H groups in total. The molecule has 0 unspecified atom stereocenters. The molecular formula is C36H54ClMnN2O2+2. The molecule has 1 saturated carbocycles. The largest absolute Gasteiger partial charge is 1.00 e. The van der Waals surface area contributed by atoms with Gasteiger partial charge in [0, 0.05) is 0 Å². The fourth-order valence-corrected chi connectivity index (χ4v) is 7.74. The average molecular weight is 637 g/mol. The van der Waals surface area contributed by atoms with Gasteiger partial charge < -0.3 is 12.4 Å². The summed E-state index contributed by atoms with van der Waals surface area (Å²) in [7, 11) is 0. The van der Waals surface area contributed by atoms with E-state index in [4.69, 9.17) is 0 Å². The Labute approximate surface area is 268 Å². The summed E-state index contributed by atoms with van der Waals surface area (Å²) in [5.41, 5.74) is 5.97. The summed E-state index contributed by atoms with van der Waals surface area (Å²) < 4.78 is 4.96. The number of phenolic OH excluding ortho intramolecular Hbond substituents is 2. The molecule has 0 amide bonds. The van der Waals surface area contributed by atoms with Crippen molar-refractivity contribution in [3.8, 4) is 11.5 Å². The van der Waals surface area contributed by atoms with Crippen molar-refractivity contribution in [3.63, 3.8) is 0 Å². The van der Waals surface area contributed by atoms with Crippen LogP contribution < -0.4 is 12.4 Å². The number of hydrogen-bond donors (Lipinski definition) is 2. The number of benzene rings is 2. The first-order chi connectivity index (χ1) is 18.7. The third kappa shape index (κ3) is 7.28. The summed E-state index contributed by atoms with van der Waals surface area (Å²) in [5.74, 6) is 0.798. The minimum Gasteiger partial charge on any atom is -1.00 e. The zero-order chi connectivity index (χ0) is 30.7. The fraction of sp³-hybridized carbons (Fsp3) is 0.611. The van der Waals surface area contributed by atoms with Crippen molar-refractivity contribution >= 4 is 12.4 Å². The van der Waals surface area contributed by atoms with Crippen molar-refractivity contribution in [1.29, 1.82) is 0 Å². The van der Waals surface area contributed by atoms with Crippen LogP contribution in [0, 0.1) is 0 Å². The third-order valence-corrected chi connectivity index (χ3v) is 10.3. The topological polar surface area (TPSA) is 46.5 Å². The molecule has 0 aromatic heterocycles. The van der Waals surface area contributed by atoms with E-state index in [-0.39, 0.29) is 34.1 Å². The molecule has 2 fully saturated rings. The van der Waals surface area contributed by atoms with Crippen LogP contribution in [-0.2, 0) is 37.1 Å². The summed E-state index contributed by atoms with van der Waals surface area (Å²) in [6.07, 6.45) is 9.19. The van der Waals surface area contributed by atoms with Gasteiger partial charge in [-0.25, -0.2) is 0 Å². The Hall–Kier alpha value is -1.81. The molecule has 4 rings (SSSR count). The zero-order valence-electron chi connectivity index (χ0n) is 28.0. The van der Waals surface area contributed by atoms with Crippen LogP contribution in [0.4, 0.5) is 0 Å². The molecule has 1 heterocycles. The first-order valence-electron chi connectivity index (χ1n) is 15.4. The monoisotopic (exact) mass is 636 g/mol. The van der Waals surface area contributed by atoms with E-state index in [0.717, 1.165) is 35.1 Å². The van der Waals surface area contributed by atoms with Crippen molar-refractivity contribution < 1.29 is 45.2 Å². The second-order valence-corrected chi connectivity index (χ2v) is 17.8. The van der Waals surface area contributed by atoms with Gasteiger partial charge in [0.1, 0.15) is 0 Å². The van der Waals surface area contributed by atoms with Crippen LogP contribution in [0.1, 0.15) is 142 Å². The van der Waals surface area contributed by atoms with Gasteiger partial charge >= 0.3 is 257 Å². The van der Waals surface area contributed by atoms with Crippen molar-refractivity contribution in [1.82, 2.24) is 0 Å². The number of hydrogen-bond acceptors (Lipinski definition) is 2. The van der Waals surface area contributed by atoms with E-state index in [1.54, 1.807) is 0 Å². The molecule has 2 aromatic carbocycles. The standard InChI is InChI=1S/C36H54N2O2.ClH.Mn/c1-33(2,3)25-17-23(31(39)27(19-25)35(7,8)9)21-37-29-15-13-14-16-30(29)38-22-24-18-26(34(4,5)6)20-28(32(24)40)36(10,11)12;;/h17-22,29-30,39-40H,13-16H2,1-12H3;1H;/q;;+3/p-1/t29-,30-;;/m1../s1. The molecule has 232 valence electrons. The van der Waals surface area contributed by atoms with E-state index in [9.17, 15) is 10.2 Å². The maximum Gasteiger partial charge on any atom is -1.00 e. The predicted molar refractivity (Wildman–Crippen MR) is 168 cm³/mol. The quantitative estimate of drug-likeness (QED) is 0.451. The van der Waals surface area contributed by atoms with Gasteiger partial charge in [-0.2, -0.15) is 0 Å². The first kappa shape index (κ1) is 34.7. The second-order valence-electron chi connectivity index (χ2n) is 16.4. The number of halogens is 1. The summed E-state index contributed by atoms with van der Waals surface area (Å²) in [4.78, 5) is 0. The molecule has 4 nitrogen and oxygen atoms in total. The van der Waals surface area contributed by atoms with Gasteiger partial charge in [-0.3, -0.25) is 0 Å². The molecule has 2 aromatic rings. The number of fused-ring (bicyclic) bond motifs is 1. The van der Waals surface area contributed by atoms with E-state index in [2.05, 4.69) is 127 Å². The Morgan fingerprint density at radius 3 is 1.21 bits per heavy atom. The molecule has 1 aliphatic carbocycles. The molecule has 1 saturated heterocycles. The first-order valence-corrected chi connectivity index (χ1v) is 16.4. The van der Waals surface area contributed by atoms with Gasteiger partial charge in [0.15, 0.2) is 0 Å². The number of rotatable bonds is 2. The molecule has 42 heavy (non-hydrogen) atoms. The van der Waals surface area contributed by atoms with Gasteiger partial charge in [0.2, 0.25) is 0 Å². The summed E-state index contributed by atoms with van der Waals surface area (Å²) in [6.45, 7) is 26.5. The molecule has 0 spiro atoms. The Bertz CT molecular complexity index is 1280. The second kappa shape index (κ2) is 11.9. The smallest absolute Gasteiger partial charge is 1.00 e. The fourth-order valence-electron chi connectivity index (χ4n) is 5.90. The van der Waals surface area contributed by atoms with Crippen molar-refractivity contribution in [2.75, 3.05) is 0 Å². The number of aromatic hydroxyl groups is 2. The van der Waals surface area contributed by atoms with E-state index in [1.165, 1.54) is 24.0 Å². The zero-order valence-corrected chi connectivity index (χ0v) is 29.9. The normalized spacial score (nSPS) is 21.9.